The summed E-state index contributed by atoms with van der Waals surface area (Å²) < 4.78 is 89.7. The summed E-state index contributed by atoms with van der Waals surface area (Å²) in [4.78, 5) is 20.2. The number of alkyl halides is 2. The molecule has 0 spiro atoms. The molecule has 0 saturated carbocycles. The Labute approximate surface area is 225 Å². The Balaban J connectivity index is 1.58. The molecule has 8 nitrogen and oxygen atoms in total. The highest BCUT2D eigenvalue weighted by Crippen LogP contribution is 2.33. The summed E-state index contributed by atoms with van der Waals surface area (Å²) in [5.74, 6) is -2.94. The number of nitrogens with one attached hydrogen (secondary N) is 2. The molecule has 206 valence electrons. The van der Waals surface area contributed by atoms with Crippen LogP contribution in [0.5, 0.6) is 5.75 Å². The highest BCUT2D eigenvalue weighted by Gasteiger charge is 2.28. The minimum Gasteiger partial charge on any atom is -0.497 e. The maximum Gasteiger partial charge on any atom is 0.281 e. The number of ether oxygens (including phenoxy) is 1. The maximum absolute atomic E-state index is 15.3. The molecular weight excluding hydrogens is 560 g/mol. The van der Waals surface area contributed by atoms with E-state index in [1.807, 2.05) is 0 Å². The average Bonchev–Trinajstić information content (AvgIpc) is 3.35. The van der Waals surface area contributed by atoms with Gasteiger partial charge in [0.15, 0.2) is 5.82 Å². The standard InChI is InChI=1S/C25H22F4N4O4S2/c1-3-15(10-13-4-6-14(37-2)7-5-13)39(35,36)33-18-9-8-17(26)21(19(18)27)32-25(34)16-11-38-23-20(16)30-12-31-22(23)24(28)29/h4-9,11-12,15,24,33H,3,10H2,1-2H3,(H,32,34). The normalized spacial score (nSPS) is 12.5. The van der Waals surface area contributed by atoms with Crippen LogP contribution < -0.4 is 14.8 Å². The van der Waals surface area contributed by atoms with Gasteiger partial charge in [-0.15, -0.1) is 11.3 Å². The molecule has 1 atom stereocenters. The van der Waals surface area contributed by atoms with E-state index >= 15 is 4.39 Å². The first kappa shape index (κ1) is 28.2. The number of amides is 1. The number of benzene rings is 2. The van der Waals surface area contributed by atoms with E-state index < -0.39 is 56.3 Å². The van der Waals surface area contributed by atoms with Gasteiger partial charge in [-0.3, -0.25) is 9.52 Å². The van der Waals surface area contributed by atoms with E-state index in [1.165, 1.54) is 12.5 Å². The lowest BCUT2D eigenvalue weighted by molar-refractivity contribution is 0.102. The Kier molecular flexibility index (Phi) is 8.35. The molecule has 2 heterocycles. The largest absolute Gasteiger partial charge is 0.497 e. The van der Waals surface area contributed by atoms with Crippen LogP contribution in [0.25, 0.3) is 10.2 Å². The fraction of sp³-hybridized carbons (Fsp3) is 0.240. The van der Waals surface area contributed by atoms with Crippen LogP contribution in [-0.4, -0.2) is 36.7 Å². The predicted molar refractivity (Wildman–Crippen MR) is 140 cm³/mol. The number of thiophene rings is 1. The van der Waals surface area contributed by atoms with Crippen LogP contribution in [0.15, 0.2) is 48.1 Å². The van der Waals surface area contributed by atoms with Gasteiger partial charge in [0, 0.05) is 5.38 Å². The summed E-state index contributed by atoms with van der Waals surface area (Å²) in [6.07, 6.45) is -1.74. The number of anilines is 2. The van der Waals surface area contributed by atoms with Crippen LogP contribution in [0.3, 0.4) is 0 Å². The van der Waals surface area contributed by atoms with Gasteiger partial charge in [-0.05, 0) is 42.7 Å². The number of hydrogen-bond donors (Lipinski definition) is 2. The number of rotatable bonds is 10. The molecule has 2 aromatic heterocycles. The first-order chi connectivity index (χ1) is 18.6. The summed E-state index contributed by atoms with van der Waals surface area (Å²) in [7, 11) is -2.64. The zero-order chi connectivity index (χ0) is 28.3. The van der Waals surface area contributed by atoms with Crippen molar-refractivity contribution in [1.29, 1.82) is 0 Å². The molecular formula is C25H22F4N4O4S2. The summed E-state index contributed by atoms with van der Waals surface area (Å²) in [6, 6.07) is 8.50. The van der Waals surface area contributed by atoms with E-state index in [1.54, 1.807) is 31.2 Å². The van der Waals surface area contributed by atoms with Gasteiger partial charge in [-0.2, -0.15) is 0 Å². The van der Waals surface area contributed by atoms with E-state index in [0.29, 0.717) is 11.3 Å². The predicted octanol–water partition coefficient (Wildman–Crippen LogP) is 5.93. The SMILES string of the molecule is CCC(Cc1ccc(OC)cc1)S(=O)(=O)Nc1ccc(F)c(NC(=O)c2csc3c(C(F)F)ncnc23)c1F. The fourth-order valence-electron chi connectivity index (χ4n) is 3.85. The van der Waals surface area contributed by atoms with Gasteiger partial charge >= 0.3 is 0 Å². The second-order valence-corrected chi connectivity index (χ2v) is 11.2. The second-order valence-electron chi connectivity index (χ2n) is 8.35. The molecule has 0 radical (unpaired) electrons. The van der Waals surface area contributed by atoms with Crippen molar-refractivity contribution in [2.75, 3.05) is 17.1 Å². The van der Waals surface area contributed by atoms with Gasteiger partial charge in [-0.25, -0.2) is 35.9 Å². The van der Waals surface area contributed by atoms with E-state index in [2.05, 4.69) is 20.0 Å². The number of methoxy groups -OCH3 is 1. The maximum atomic E-state index is 15.3. The molecule has 1 amide bonds. The van der Waals surface area contributed by atoms with Crippen LogP contribution in [0.1, 0.15) is 41.4 Å². The molecule has 2 N–H and O–H groups in total. The highest BCUT2D eigenvalue weighted by molar-refractivity contribution is 7.93. The van der Waals surface area contributed by atoms with Crippen molar-refractivity contribution in [2.24, 2.45) is 0 Å². The topological polar surface area (TPSA) is 110 Å². The number of sulfonamides is 1. The number of aromatic nitrogens is 2. The van der Waals surface area contributed by atoms with Crippen LogP contribution in [0.4, 0.5) is 28.9 Å². The Morgan fingerprint density at radius 3 is 2.46 bits per heavy atom. The quantitative estimate of drug-likeness (QED) is 0.224. The third-order valence-electron chi connectivity index (χ3n) is 5.93. The van der Waals surface area contributed by atoms with Gasteiger partial charge in [0.25, 0.3) is 12.3 Å². The number of carbonyl (C=O) groups excluding carboxylic acids is 1. The van der Waals surface area contributed by atoms with Crippen LogP contribution in [-0.2, 0) is 16.4 Å². The molecule has 0 aliphatic heterocycles. The summed E-state index contributed by atoms with van der Waals surface area (Å²) >= 11 is 0.784. The molecule has 2 aromatic carbocycles. The third-order valence-corrected chi connectivity index (χ3v) is 8.80. The average molecular weight is 583 g/mol. The smallest absolute Gasteiger partial charge is 0.281 e. The summed E-state index contributed by atoms with van der Waals surface area (Å²) in [5.41, 5.74) is -1.65. The summed E-state index contributed by atoms with van der Waals surface area (Å²) in [6.45, 7) is 1.66. The van der Waals surface area contributed by atoms with Crippen molar-refractivity contribution >= 4 is 48.9 Å². The van der Waals surface area contributed by atoms with Crippen molar-refractivity contribution in [3.63, 3.8) is 0 Å². The van der Waals surface area contributed by atoms with Gasteiger partial charge < -0.3 is 10.1 Å². The number of fused-ring (bicyclic) bond motifs is 1. The Morgan fingerprint density at radius 1 is 1.10 bits per heavy atom. The van der Waals surface area contributed by atoms with Crippen molar-refractivity contribution in [3.8, 4) is 5.75 Å². The van der Waals surface area contributed by atoms with E-state index in [4.69, 9.17) is 4.74 Å². The van der Waals surface area contributed by atoms with Gasteiger partial charge in [0.05, 0.1) is 33.8 Å². The van der Waals surface area contributed by atoms with Crippen molar-refractivity contribution in [3.05, 3.63) is 76.6 Å². The molecule has 4 rings (SSSR count). The lowest BCUT2D eigenvalue weighted by Crippen LogP contribution is -2.30. The molecule has 39 heavy (non-hydrogen) atoms. The van der Waals surface area contributed by atoms with Crippen molar-refractivity contribution in [1.82, 2.24) is 9.97 Å². The molecule has 0 fully saturated rings. The Morgan fingerprint density at radius 2 is 1.82 bits per heavy atom. The minimum atomic E-state index is -4.15. The van der Waals surface area contributed by atoms with Crippen molar-refractivity contribution in [2.45, 2.75) is 31.4 Å². The minimum absolute atomic E-state index is 0.0393. The number of halogens is 4. The molecule has 0 aliphatic rings. The zero-order valence-electron chi connectivity index (χ0n) is 20.5. The Hall–Kier alpha value is -3.78. The highest BCUT2D eigenvalue weighted by atomic mass is 32.2. The number of carbonyl (C=O) groups is 1. The number of hydrogen-bond acceptors (Lipinski definition) is 7. The fourth-order valence-corrected chi connectivity index (χ4v) is 6.32. The lowest BCUT2D eigenvalue weighted by atomic mass is 10.1. The Bertz CT molecular complexity index is 1610. The van der Waals surface area contributed by atoms with E-state index in [9.17, 15) is 26.4 Å². The van der Waals surface area contributed by atoms with Crippen LogP contribution in [0.2, 0.25) is 0 Å². The van der Waals surface area contributed by atoms with Gasteiger partial charge in [0.2, 0.25) is 10.0 Å². The second kappa shape index (κ2) is 11.5. The first-order valence-corrected chi connectivity index (χ1v) is 13.9. The van der Waals surface area contributed by atoms with Crippen LogP contribution in [0, 0.1) is 11.6 Å². The van der Waals surface area contributed by atoms with Gasteiger partial charge in [-0.1, -0.05) is 19.1 Å². The lowest BCUT2D eigenvalue weighted by Gasteiger charge is -2.19. The van der Waals surface area contributed by atoms with Gasteiger partial charge in [0.1, 0.15) is 29.3 Å². The zero-order valence-corrected chi connectivity index (χ0v) is 22.2. The van der Waals surface area contributed by atoms with Crippen LogP contribution >= 0.6 is 11.3 Å². The van der Waals surface area contributed by atoms with E-state index in [-0.39, 0.29) is 28.6 Å². The van der Waals surface area contributed by atoms with Crippen molar-refractivity contribution < 1.29 is 35.5 Å². The molecule has 0 bridgehead atoms. The molecule has 1 unspecified atom stereocenters. The molecule has 0 aliphatic carbocycles. The molecule has 14 heteroatoms. The third kappa shape index (κ3) is 5.96. The monoisotopic (exact) mass is 582 g/mol. The number of nitrogens with zero attached hydrogens (tertiary/aromatic N) is 2. The summed E-state index contributed by atoms with van der Waals surface area (Å²) in [5, 5.41) is 2.33. The van der Waals surface area contributed by atoms with E-state index in [0.717, 1.165) is 29.8 Å². The molecule has 4 aromatic rings. The molecule has 0 saturated heterocycles. The first-order valence-electron chi connectivity index (χ1n) is 11.5.